The number of Topliss-reactive ketones (excluding diaryl/α,β-unsaturated/α-hetero) is 1. The zero-order valence-corrected chi connectivity index (χ0v) is 12.2. The van der Waals surface area contributed by atoms with Crippen molar-refractivity contribution in [3.05, 3.63) is 11.3 Å². The van der Waals surface area contributed by atoms with Gasteiger partial charge in [0.15, 0.2) is 11.3 Å². The average molecular weight is 314 g/mol. The Balaban J connectivity index is 2.35. The molecule has 2 rings (SSSR count). The minimum atomic E-state index is -1.68. The molecule has 9 heteroatoms. The monoisotopic (exact) mass is 314 g/mol. The number of hydrogen-bond acceptors (Lipinski definition) is 7. The molecule has 0 radical (unpaired) electrons. The van der Waals surface area contributed by atoms with Crippen molar-refractivity contribution < 1.29 is 29.0 Å². The van der Waals surface area contributed by atoms with Crippen LogP contribution in [0.25, 0.3) is 0 Å². The number of carboxylic acid groups (broad SMARTS) is 1. The zero-order chi connectivity index (χ0) is 15.9. The smallest absolute Gasteiger partial charge is 0.352 e. The Kier molecular flexibility index (Phi) is 3.81. The van der Waals surface area contributed by atoms with Crippen molar-refractivity contribution in [3.8, 4) is 0 Å². The molecule has 8 nitrogen and oxygen atoms in total. The number of nitrogens with zero attached hydrogens (tertiary/aromatic N) is 1. The molecule has 0 aliphatic carbocycles. The van der Waals surface area contributed by atoms with Crippen LogP contribution in [0.5, 0.6) is 0 Å². The number of carboxylic acids is 1. The van der Waals surface area contributed by atoms with Crippen LogP contribution in [0.1, 0.15) is 13.8 Å². The van der Waals surface area contributed by atoms with Gasteiger partial charge in [-0.25, -0.2) is 4.79 Å². The summed E-state index contributed by atoms with van der Waals surface area (Å²) in [5, 5.41) is 8.55. The summed E-state index contributed by atoms with van der Waals surface area (Å²) in [5.41, 5.74) is 4.18. The van der Waals surface area contributed by atoms with E-state index in [-0.39, 0.29) is 18.1 Å². The van der Waals surface area contributed by atoms with Crippen molar-refractivity contribution in [2.24, 2.45) is 5.73 Å². The van der Waals surface area contributed by atoms with Gasteiger partial charge < -0.3 is 15.6 Å². The number of β-lactam (4-membered cyclic amide) rings is 1. The number of carbonyl (C=O) groups excluding carboxylic acids is 3. The van der Waals surface area contributed by atoms with Gasteiger partial charge >= 0.3 is 11.9 Å². The molecule has 1 fully saturated rings. The third-order valence-corrected chi connectivity index (χ3v) is 4.84. The Labute approximate surface area is 124 Å². The van der Waals surface area contributed by atoms with Crippen LogP contribution in [-0.4, -0.2) is 56.9 Å². The molecular formula is C12H14N2O6S. The number of hydrogen-bond donors (Lipinski definition) is 2. The molecule has 21 heavy (non-hydrogen) atoms. The predicted octanol–water partition coefficient (Wildman–Crippen LogP) is -0.910. The molecule has 0 bridgehead atoms. The first-order valence-electron chi connectivity index (χ1n) is 6.05. The Morgan fingerprint density at radius 2 is 2.10 bits per heavy atom. The molecule has 1 saturated heterocycles. The fourth-order valence-electron chi connectivity index (χ4n) is 2.27. The third kappa shape index (κ3) is 2.22. The predicted molar refractivity (Wildman–Crippen MR) is 72.0 cm³/mol. The second kappa shape index (κ2) is 5.15. The first-order valence-corrected chi connectivity index (χ1v) is 7.10. The zero-order valence-electron chi connectivity index (χ0n) is 11.4. The van der Waals surface area contributed by atoms with Crippen LogP contribution in [0.15, 0.2) is 11.3 Å². The molecule has 2 atom stereocenters. The molecule has 2 aliphatic heterocycles. The normalized spacial score (nSPS) is 27.9. The van der Waals surface area contributed by atoms with Crippen LogP contribution < -0.4 is 5.73 Å². The van der Waals surface area contributed by atoms with E-state index in [2.05, 4.69) is 0 Å². The van der Waals surface area contributed by atoms with Gasteiger partial charge in [0, 0.05) is 18.2 Å². The highest BCUT2D eigenvalue weighted by Gasteiger charge is 2.65. The topological polar surface area (TPSA) is 127 Å². The van der Waals surface area contributed by atoms with Crippen LogP contribution in [-0.2, 0) is 23.9 Å². The van der Waals surface area contributed by atoms with Crippen molar-refractivity contribution in [2.75, 3.05) is 12.4 Å². The van der Waals surface area contributed by atoms with Crippen LogP contribution >= 0.6 is 11.8 Å². The third-order valence-electron chi connectivity index (χ3n) is 3.42. The summed E-state index contributed by atoms with van der Waals surface area (Å²) in [6.07, 6.45) is 0. The summed E-state index contributed by atoms with van der Waals surface area (Å²) in [6, 6.07) is 0. The molecule has 2 heterocycles. The summed E-state index contributed by atoms with van der Waals surface area (Å²) in [6.45, 7) is 2.20. The summed E-state index contributed by atoms with van der Waals surface area (Å²) in [4.78, 5) is 46.9. The standard InChI is InChI=1S/C12H14N2O6S/c1-5(15)12(13)10(19)14-8(9(17)18)7(3-20-6(2)16)4-21-11(12)14/h11H,3-4,13H2,1-2H3,(H,17,18)/t11-,12-/m1/s1. The van der Waals surface area contributed by atoms with Crippen molar-refractivity contribution in [3.63, 3.8) is 0 Å². The number of nitrogens with two attached hydrogens (primary N) is 1. The second-order valence-corrected chi connectivity index (χ2v) is 5.87. The first-order chi connectivity index (χ1) is 9.71. The fourth-order valence-corrected chi connectivity index (χ4v) is 3.73. The van der Waals surface area contributed by atoms with Crippen LogP contribution in [0.2, 0.25) is 0 Å². The lowest BCUT2D eigenvalue weighted by atomic mass is 9.84. The lowest BCUT2D eigenvalue weighted by Crippen LogP contribution is -2.80. The molecule has 0 spiro atoms. The van der Waals surface area contributed by atoms with Crippen molar-refractivity contribution in [2.45, 2.75) is 24.8 Å². The summed E-state index contributed by atoms with van der Waals surface area (Å²) < 4.78 is 4.79. The van der Waals surface area contributed by atoms with E-state index < -0.39 is 34.5 Å². The number of ketones is 1. The van der Waals surface area contributed by atoms with Crippen molar-refractivity contribution in [1.29, 1.82) is 0 Å². The fraction of sp³-hybridized carbons (Fsp3) is 0.500. The number of rotatable bonds is 4. The van der Waals surface area contributed by atoms with Crippen molar-refractivity contribution in [1.82, 2.24) is 4.90 Å². The van der Waals surface area contributed by atoms with E-state index >= 15 is 0 Å². The molecule has 0 aromatic carbocycles. The molecular weight excluding hydrogens is 300 g/mol. The van der Waals surface area contributed by atoms with Crippen LogP contribution in [0.3, 0.4) is 0 Å². The van der Waals surface area contributed by atoms with Gasteiger partial charge in [-0.1, -0.05) is 0 Å². The van der Waals surface area contributed by atoms with Crippen LogP contribution in [0, 0.1) is 0 Å². The van der Waals surface area contributed by atoms with Gasteiger partial charge in [-0.3, -0.25) is 19.3 Å². The van der Waals surface area contributed by atoms with E-state index in [1.165, 1.54) is 25.6 Å². The lowest BCUT2D eigenvalue weighted by molar-refractivity contribution is -0.159. The summed E-state index contributed by atoms with van der Waals surface area (Å²) in [5.74, 6) is -2.90. The number of amides is 1. The molecule has 114 valence electrons. The van der Waals surface area contributed by atoms with E-state index in [9.17, 15) is 24.3 Å². The number of fused-ring (bicyclic) bond motifs is 1. The molecule has 0 aromatic rings. The van der Waals surface area contributed by atoms with E-state index in [4.69, 9.17) is 10.5 Å². The SMILES string of the molecule is CC(=O)OCC1=C(C(=O)O)N2C(=O)[C@](N)(C(C)=O)[C@H]2SC1. The lowest BCUT2D eigenvalue weighted by Gasteiger charge is -2.54. The van der Waals surface area contributed by atoms with Gasteiger partial charge in [0.1, 0.15) is 17.7 Å². The summed E-state index contributed by atoms with van der Waals surface area (Å²) in [7, 11) is 0. The highest BCUT2D eigenvalue weighted by Crippen LogP contribution is 2.45. The molecule has 1 amide bonds. The molecule has 0 saturated carbocycles. The number of esters is 1. The van der Waals surface area contributed by atoms with Gasteiger partial charge in [0.25, 0.3) is 5.91 Å². The maximum Gasteiger partial charge on any atom is 0.352 e. The van der Waals surface area contributed by atoms with E-state index in [0.717, 1.165) is 4.90 Å². The molecule has 0 aromatic heterocycles. The Morgan fingerprint density at radius 1 is 1.48 bits per heavy atom. The largest absolute Gasteiger partial charge is 0.477 e. The Hall–Kier alpha value is -1.87. The number of thioether (sulfide) groups is 1. The van der Waals surface area contributed by atoms with Gasteiger partial charge in [-0.15, -0.1) is 11.8 Å². The number of carbonyl (C=O) groups is 4. The Morgan fingerprint density at radius 3 is 2.57 bits per heavy atom. The van der Waals surface area contributed by atoms with Crippen molar-refractivity contribution >= 4 is 35.4 Å². The minimum absolute atomic E-state index is 0.210. The van der Waals surface area contributed by atoms with Gasteiger partial charge in [-0.05, 0) is 6.92 Å². The number of ether oxygens (including phenoxy) is 1. The van der Waals surface area contributed by atoms with E-state index in [1.807, 2.05) is 0 Å². The van der Waals surface area contributed by atoms with E-state index in [0.29, 0.717) is 5.57 Å². The quantitative estimate of drug-likeness (QED) is 0.388. The highest BCUT2D eigenvalue weighted by molar-refractivity contribution is 8.00. The maximum absolute atomic E-state index is 12.1. The highest BCUT2D eigenvalue weighted by atomic mass is 32.2. The second-order valence-electron chi connectivity index (χ2n) is 4.80. The Bertz CT molecular complexity index is 586. The maximum atomic E-state index is 12.1. The van der Waals surface area contributed by atoms with E-state index in [1.54, 1.807) is 0 Å². The molecule has 0 unspecified atom stereocenters. The number of aliphatic carboxylic acids is 1. The summed E-state index contributed by atoms with van der Waals surface area (Å²) >= 11 is 1.18. The minimum Gasteiger partial charge on any atom is -0.477 e. The average Bonchev–Trinajstić information content (AvgIpc) is 2.41. The van der Waals surface area contributed by atoms with Gasteiger partial charge in [0.05, 0.1) is 0 Å². The molecule has 3 N–H and O–H groups in total. The van der Waals surface area contributed by atoms with Gasteiger partial charge in [0.2, 0.25) is 0 Å². The van der Waals surface area contributed by atoms with Gasteiger partial charge in [-0.2, -0.15) is 0 Å². The molecule has 2 aliphatic rings. The first kappa shape index (κ1) is 15.5. The van der Waals surface area contributed by atoms with Crippen LogP contribution in [0.4, 0.5) is 0 Å².